The van der Waals surface area contributed by atoms with E-state index >= 15 is 0 Å². The predicted octanol–water partition coefficient (Wildman–Crippen LogP) is 2.71. The van der Waals surface area contributed by atoms with Gasteiger partial charge in [-0.3, -0.25) is 9.59 Å². The highest BCUT2D eigenvalue weighted by Crippen LogP contribution is 2.13. The quantitative estimate of drug-likeness (QED) is 0.545. The molecule has 1 heterocycles. The third kappa shape index (κ3) is 6.64. The van der Waals surface area contributed by atoms with E-state index < -0.39 is 6.10 Å². The lowest BCUT2D eigenvalue weighted by molar-refractivity contribution is -0.143. The summed E-state index contributed by atoms with van der Waals surface area (Å²) in [6, 6.07) is 10.2. The Kier molecular flexibility index (Phi) is 8.35. The minimum atomic E-state index is -0.424. The average Bonchev–Trinajstić information content (AvgIpc) is 2.67. The van der Waals surface area contributed by atoms with Crippen LogP contribution in [0.4, 0.5) is 0 Å². The normalized spacial score (nSPS) is 16.1. The zero-order chi connectivity index (χ0) is 18.8. The van der Waals surface area contributed by atoms with Crippen molar-refractivity contribution >= 4 is 11.8 Å². The second-order valence-electron chi connectivity index (χ2n) is 6.74. The molecule has 1 aliphatic heterocycles. The third-order valence-electron chi connectivity index (χ3n) is 4.69. The first-order valence-corrected chi connectivity index (χ1v) is 9.44. The zero-order valence-electron chi connectivity index (χ0n) is 15.7. The fourth-order valence-corrected chi connectivity index (χ4v) is 3.10. The molecule has 1 atom stereocenters. The molecule has 0 saturated carbocycles. The van der Waals surface area contributed by atoms with Crippen LogP contribution in [-0.2, 0) is 20.7 Å². The van der Waals surface area contributed by atoms with Crippen molar-refractivity contribution in [2.24, 2.45) is 0 Å². The molecule has 1 unspecified atom stereocenters. The molecule has 1 saturated heterocycles. The van der Waals surface area contributed by atoms with Crippen LogP contribution in [0.2, 0.25) is 0 Å². The lowest BCUT2D eigenvalue weighted by atomic mass is 10.0. The van der Waals surface area contributed by atoms with E-state index in [1.807, 2.05) is 35.2 Å². The van der Waals surface area contributed by atoms with Crippen LogP contribution < -0.4 is 5.32 Å². The van der Waals surface area contributed by atoms with Crippen LogP contribution in [0.5, 0.6) is 0 Å². The molecule has 0 spiro atoms. The monoisotopic (exact) mass is 358 g/mol. The largest absolute Gasteiger partial charge is 0.368 e. The van der Waals surface area contributed by atoms with Crippen molar-refractivity contribution in [2.75, 3.05) is 19.7 Å². The maximum absolute atomic E-state index is 12.4. The number of amides is 2. The van der Waals surface area contributed by atoms with Crippen molar-refractivity contribution in [3.8, 4) is 0 Å². The SMILES string of the molecule is C=CCCOC(C)C(=O)N1CCC(NC(=O)CCc2ccccc2)CC1. The number of rotatable bonds is 9. The molecule has 1 fully saturated rings. The standard InChI is InChI=1S/C21H30N2O3/c1-3-4-16-26-17(2)21(25)23-14-12-19(13-15-23)22-20(24)11-10-18-8-6-5-7-9-18/h3,5-9,17,19H,1,4,10-16H2,2H3,(H,22,24). The Hall–Kier alpha value is -2.14. The number of carbonyl (C=O) groups is 2. The topological polar surface area (TPSA) is 58.6 Å². The van der Waals surface area contributed by atoms with E-state index in [1.54, 1.807) is 13.0 Å². The lowest BCUT2D eigenvalue weighted by Crippen LogP contribution is -2.49. The van der Waals surface area contributed by atoms with Gasteiger partial charge in [-0.05, 0) is 38.2 Å². The number of likely N-dealkylation sites (tertiary alicyclic amines) is 1. The first-order valence-electron chi connectivity index (χ1n) is 9.44. The van der Waals surface area contributed by atoms with E-state index in [0.29, 0.717) is 26.1 Å². The number of hydrogen-bond acceptors (Lipinski definition) is 3. The fraction of sp³-hybridized carbons (Fsp3) is 0.524. The van der Waals surface area contributed by atoms with E-state index in [1.165, 1.54) is 5.56 Å². The van der Waals surface area contributed by atoms with Crippen molar-refractivity contribution in [1.29, 1.82) is 0 Å². The van der Waals surface area contributed by atoms with Gasteiger partial charge in [-0.1, -0.05) is 36.4 Å². The number of benzene rings is 1. The minimum absolute atomic E-state index is 0.0305. The van der Waals surface area contributed by atoms with Crippen LogP contribution in [0.25, 0.3) is 0 Å². The van der Waals surface area contributed by atoms with Crippen molar-refractivity contribution < 1.29 is 14.3 Å². The lowest BCUT2D eigenvalue weighted by Gasteiger charge is -2.33. The molecule has 2 amide bonds. The number of carbonyl (C=O) groups excluding carboxylic acids is 2. The zero-order valence-corrected chi connectivity index (χ0v) is 15.7. The van der Waals surface area contributed by atoms with Gasteiger partial charge in [-0.15, -0.1) is 6.58 Å². The Morgan fingerprint density at radius 1 is 1.31 bits per heavy atom. The summed E-state index contributed by atoms with van der Waals surface area (Å²) in [7, 11) is 0. The van der Waals surface area contributed by atoms with Crippen LogP contribution in [0.1, 0.15) is 38.2 Å². The van der Waals surface area contributed by atoms with Gasteiger partial charge in [0.25, 0.3) is 5.91 Å². The number of ether oxygens (including phenoxy) is 1. The number of aryl methyl sites for hydroxylation is 1. The van der Waals surface area contributed by atoms with Gasteiger partial charge in [-0.2, -0.15) is 0 Å². The van der Waals surface area contributed by atoms with Gasteiger partial charge in [0.15, 0.2) is 0 Å². The Balaban J connectivity index is 1.66. The van der Waals surface area contributed by atoms with Gasteiger partial charge in [0.05, 0.1) is 6.61 Å². The predicted molar refractivity (Wildman–Crippen MR) is 103 cm³/mol. The number of nitrogens with one attached hydrogen (secondary N) is 1. The van der Waals surface area contributed by atoms with Gasteiger partial charge >= 0.3 is 0 Å². The molecule has 5 nitrogen and oxygen atoms in total. The first kappa shape index (κ1) is 20.2. The molecule has 26 heavy (non-hydrogen) atoms. The van der Waals surface area contributed by atoms with Gasteiger partial charge < -0.3 is 15.0 Å². The van der Waals surface area contributed by atoms with Crippen LogP contribution in [0.15, 0.2) is 43.0 Å². The van der Waals surface area contributed by atoms with Crippen molar-refractivity contribution in [2.45, 2.75) is 51.2 Å². The van der Waals surface area contributed by atoms with Crippen LogP contribution >= 0.6 is 0 Å². The average molecular weight is 358 g/mol. The summed E-state index contributed by atoms with van der Waals surface area (Å²) in [6.45, 7) is 7.29. The van der Waals surface area contributed by atoms with E-state index in [9.17, 15) is 9.59 Å². The summed E-state index contributed by atoms with van der Waals surface area (Å²) in [6.07, 6.45) is 4.94. The number of hydrogen-bond donors (Lipinski definition) is 1. The van der Waals surface area contributed by atoms with Gasteiger partial charge in [0.2, 0.25) is 5.91 Å². The maximum Gasteiger partial charge on any atom is 0.251 e. The molecule has 0 radical (unpaired) electrons. The summed E-state index contributed by atoms with van der Waals surface area (Å²) in [5, 5.41) is 3.10. The maximum atomic E-state index is 12.4. The summed E-state index contributed by atoms with van der Waals surface area (Å²) >= 11 is 0. The van der Waals surface area contributed by atoms with Crippen molar-refractivity contribution in [3.63, 3.8) is 0 Å². The van der Waals surface area contributed by atoms with Crippen LogP contribution in [0.3, 0.4) is 0 Å². The molecular formula is C21H30N2O3. The molecule has 2 rings (SSSR count). The Morgan fingerprint density at radius 2 is 2.00 bits per heavy atom. The molecule has 1 N–H and O–H groups in total. The van der Waals surface area contributed by atoms with Gasteiger partial charge in [0, 0.05) is 25.6 Å². The molecule has 0 bridgehead atoms. The molecule has 0 aliphatic carbocycles. The summed E-state index contributed by atoms with van der Waals surface area (Å²) in [5.74, 6) is 0.114. The third-order valence-corrected chi connectivity index (χ3v) is 4.69. The van der Waals surface area contributed by atoms with Crippen molar-refractivity contribution in [1.82, 2.24) is 10.2 Å². The van der Waals surface area contributed by atoms with Crippen LogP contribution in [-0.4, -0.2) is 48.6 Å². The molecule has 142 valence electrons. The Bertz CT molecular complexity index is 580. The molecule has 1 aliphatic rings. The highest BCUT2D eigenvalue weighted by Gasteiger charge is 2.26. The van der Waals surface area contributed by atoms with E-state index in [0.717, 1.165) is 25.7 Å². The van der Waals surface area contributed by atoms with E-state index in [2.05, 4.69) is 11.9 Å². The summed E-state index contributed by atoms with van der Waals surface area (Å²) < 4.78 is 5.53. The number of piperidine rings is 1. The molecule has 0 aromatic heterocycles. The molecule has 1 aromatic carbocycles. The highest BCUT2D eigenvalue weighted by molar-refractivity contribution is 5.80. The summed E-state index contributed by atoms with van der Waals surface area (Å²) in [5.41, 5.74) is 1.17. The van der Waals surface area contributed by atoms with Gasteiger partial charge in [-0.25, -0.2) is 0 Å². The molecular weight excluding hydrogens is 328 g/mol. The Labute approximate surface area is 156 Å². The molecule has 1 aromatic rings. The fourth-order valence-electron chi connectivity index (χ4n) is 3.10. The minimum Gasteiger partial charge on any atom is -0.368 e. The molecule has 5 heteroatoms. The number of nitrogens with zero attached hydrogens (tertiary/aromatic N) is 1. The van der Waals surface area contributed by atoms with E-state index in [-0.39, 0.29) is 17.9 Å². The highest BCUT2D eigenvalue weighted by atomic mass is 16.5. The second-order valence-corrected chi connectivity index (χ2v) is 6.74. The van der Waals surface area contributed by atoms with E-state index in [4.69, 9.17) is 4.74 Å². The smallest absolute Gasteiger partial charge is 0.251 e. The summed E-state index contributed by atoms with van der Waals surface area (Å²) in [4.78, 5) is 26.3. The second kappa shape index (κ2) is 10.8. The first-order chi connectivity index (χ1) is 12.6. The van der Waals surface area contributed by atoms with Gasteiger partial charge in [0.1, 0.15) is 6.10 Å². The van der Waals surface area contributed by atoms with Crippen LogP contribution in [0, 0.1) is 0 Å². The van der Waals surface area contributed by atoms with Crippen molar-refractivity contribution in [3.05, 3.63) is 48.6 Å². The Morgan fingerprint density at radius 3 is 2.65 bits per heavy atom.